The standard InChI is InChI=1S/C5H5BrClNS/c6-5-1-3(7)4(2-8)9-5/h1H,2,8H2. The highest BCUT2D eigenvalue weighted by molar-refractivity contribution is 9.11. The second kappa shape index (κ2) is 3.01. The van der Waals surface area contributed by atoms with E-state index in [1.165, 1.54) is 0 Å². The van der Waals surface area contributed by atoms with Gasteiger partial charge in [0.15, 0.2) is 0 Å². The van der Waals surface area contributed by atoms with Gasteiger partial charge in [-0.1, -0.05) is 11.6 Å². The summed E-state index contributed by atoms with van der Waals surface area (Å²) in [5.41, 5.74) is 5.37. The molecule has 1 aromatic heterocycles. The monoisotopic (exact) mass is 225 g/mol. The highest BCUT2D eigenvalue weighted by Gasteiger charge is 2.01. The van der Waals surface area contributed by atoms with Crippen LogP contribution in [0.3, 0.4) is 0 Å². The van der Waals surface area contributed by atoms with Gasteiger partial charge in [-0.25, -0.2) is 0 Å². The summed E-state index contributed by atoms with van der Waals surface area (Å²) in [5, 5.41) is 0.759. The number of hydrogen-bond acceptors (Lipinski definition) is 2. The minimum atomic E-state index is 0.523. The van der Waals surface area contributed by atoms with Crippen LogP contribution in [0.15, 0.2) is 9.85 Å². The van der Waals surface area contributed by atoms with E-state index in [1.807, 2.05) is 6.07 Å². The van der Waals surface area contributed by atoms with Crippen LogP contribution in [0, 0.1) is 0 Å². The molecule has 0 aliphatic heterocycles. The van der Waals surface area contributed by atoms with Crippen LogP contribution >= 0.6 is 38.9 Å². The smallest absolute Gasteiger partial charge is 0.0717 e. The summed E-state index contributed by atoms with van der Waals surface area (Å²) in [6.45, 7) is 0.523. The van der Waals surface area contributed by atoms with Gasteiger partial charge in [0.25, 0.3) is 0 Å². The zero-order valence-electron chi connectivity index (χ0n) is 4.53. The Morgan fingerprint density at radius 3 is 2.67 bits per heavy atom. The molecule has 4 heteroatoms. The maximum absolute atomic E-state index is 5.75. The first-order chi connectivity index (χ1) is 4.24. The van der Waals surface area contributed by atoms with Gasteiger partial charge in [0.1, 0.15) is 0 Å². The molecule has 0 amide bonds. The van der Waals surface area contributed by atoms with Gasteiger partial charge in [-0.2, -0.15) is 0 Å². The van der Waals surface area contributed by atoms with Crippen LogP contribution in [-0.2, 0) is 6.54 Å². The maximum Gasteiger partial charge on any atom is 0.0717 e. The molecule has 0 atom stereocenters. The molecular weight excluding hydrogens is 221 g/mol. The molecule has 0 saturated heterocycles. The van der Waals surface area contributed by atoms with E-state index >= 15 is 0 Å². The van der Waals surface area contributed by atoms with E-state index in [1.54, 1.807) is 11.3 Å². The molecule has 1 nitrogen and oxygen atoms in total. The summed E-state index contributed by atoms with van der Waals surface area (Å²) in [6, 6.07) is 1.86. The van der Waals surface area contributed by atoms with E-state index in [-0.39, 0.29) is 0 Å². The summed E-state index contributed by atoms with van der Waals surface area (Å²) < 4.78 is 1.04. The van der Waals surface area contributed by atoms with Gasteiger partial charge < -0.3 is 5.73 Å². The molecule has 1 heterocycles. The van der Waals surface area contributed by atoms with Crippen molar-refractivity contribution in [3.05, 3.63) is 19.8 Å². The predicted octanol–water partition coefficient (Wildman–Crippen LogP) is 2.62. The third-order valence-corrected chi connectivity index (χ3v) is 3.02. The fourth-order valence-electron chi connectivity index (χ4n) is 0.515. The van der Waals surface area contributed by atoms with Crippen molar-refractivity contribution in [3.8, 4) is 0 Å². The van der Waals surface area contributed by atoms with Crippen LogP contribution in [-0.4, -0.2) is 0 Å². The van der Waals surface area contributed by atoms with Crippen molar-refractivity contribution in [2.45, 2.75) is 6.54 Å². The highest BCUT2D eigenvalue weighted by atomic mass is 79.9. The minimum absolute atomic E-state index is 0.523. The molecule has 0 aliphatic rings. The Kier molecular flexibility index (Phi) is 2.52. The van der Waals surface area contributed by atoms with Crippen LogP contribution < -0.4 is 5.73 Å². The molecule has 9 heavy (non-hydrogen) atoms. The molecule has 0 bridgehead atoms. The van der Waals surface area contributed by atoms with E-state index in [0.29, 0.717) is 6.54 Å². The summed E-state index contributed by atoms with van der Waals surface area (Å²) in [6.07, 6.45) is 0. The van der Waals surface area contributed by atoms with E-state index < -0.39 is 0 Å². The Hall–Kier alpha value is 0.430. The third-order valence-electron chi connectivity index (χ3n) is 0.913. The fraction of sp³-hybridized carbons (Fsp3) is 0.200. The van der Waals surface area contributed by atoms with Crippen LogP contribution in [0.1, 0.15) is 4.88 Å². The quantitative estimate of drug-likeness (QED) is 0.783. The summed E-state index contributed by atoms with van der Waals surface area (Å²) in [4.78, 5) is 1.03. The van der Waals surface area contributed by atoms with Crippen molar-refractivity contribution >= 4 is 38.9 Å². The third kappa shape index (κ3) is 1.67. The molecule has 1 aromatic rings. The lowest BCUT2D eigenvalue weighted by Gasteiger charge is -1.85. The van der Waals surface area contributed by atoms with Crippen LogP contribution in [0.25, 0.3) is 0 Å². The molecular formula is C5H5BrClNS. The Labute approximate surface area is 70.9 Å². The van der Waals surface area contributed by atoms with E-state index in [0.717, 1.165) is 13.7 Å². The lowest BCUT2D eigenvalue weighted by molar-refractivity contribution is 1.11. The van der Waals surface area contributed by atoms with Gasteiger partial charge in [0.2, 0.25) is 0 Å². The van der Waals surface area contributed by atoms with E-state index in [4.69, 9.17) is 17.3 Å². The van der Waals surface area contributed by atoms with Gasteiger partial charge >= 0.3 is 0 Å². The zero-order chi connectivity index (χ0) is 6.85. The molecule has 0 aliphatic carbocycles. The second-order valence-corrected chi connectivity index (χ2v) is 4.45. The van der Waals surface area contributed by atoms with E-state index in [9.17, 15) is 0 Å². The van der Waals surface area contributed by atoms with Crippen molar-refractivity contribution in [1.29, 1.82) is 0 Å². The van der Waals surface area contributed by atoms with Crippen LogP contribution in [0.4, 0.5) is 0 Å². The van der Waals surface area contributed by atoms with Crippen molar-refractivity contribution in [3.63, 3.8) is 0 Å². The average molecular weight is 227 g/mol. The Morgan fingerprint density at radius 2 is 2.44 bits per heavy atom. The van der Waals surface area contributed by atoms with Crippen molar-refractivity contribution in [2.75, 3.05) is 0 Å². The van der Waals surface area contributed by atoms with Gasteiger partial charge in [-0.3, -0.25) is 0 Å². The van der Waals surface area contributed by atoms with Crippen LogP contribution in [0.5, 0.6) is 0 Å². The molecule has 0 saturated carbocycles. The predicted molar refractivity (Wildman–Crippen MR) is 44.9 cm³/mol. The van der Waals surface area contributed by atoms with Crippen molar-refractivity contribution in [2.24, 2.45) is 5.73 Å². The van der Waals surface area contributed by atoms with Gasteiger partial charge in [0.05, 0.1) is 8.81 Å². The van der Waals surface area contributed by atoms with E-state index in [2.05, 4.69) is 15.9 Å². The maximum atomic E-state index is 5.75. The number of hydrogen-bond donors (Lipinski definition) is 1. The summed E-state index contributed by atoms with van der Waals surface area (Å²) >= 11 is 10.6. The summed E-state index contributed by atoms with van der Waals surface area (Å²) in [7, 11) is 0. The van der Waals surface area contributed by atoms with Gasteiger partial charge in [0, 0.05) is 11.4 Å². The highest BCUT2D eigenvalue weighted by Crippen LogP contribution is 2.30. The van der Waals surface area contributed by atoms with Gasteiger partial charge in [-0.15, -0.1) is 11.3 Å². The number of rotatable bonds is 1. The first-order valence-electron chi connectivity index (χ1n) is 2.38. The Morgan fingerprint density at radius 1 is 1.78 bits per heavy atom. The SMILES string of the molecule is NCc1sc(Br)cc1Cl. The largest absolute Gasteiger partial charge is 0.326 e. The molecule has 2 N–H and O–H groups in total. The van der Waals surface area contributed by atoms with Crippen molar-refractivity contribution in [1.82, 2.24) is 0 Å². The molecule has 1 rings (SSSR count). The molecule has 0 spiro atoms. The number of thiophene rings is 1. The Bertz CT molecular complexity index is 211. The molecule has 0 fully saturated rings. The Balaban J connectivity index is 3.01. The number of nitrogens with two attached hydrogens (primary N) is 1. The fourth-order valence-corrected chi connectivity index (χ4v) is 2.48. The minimum Gasteiger partial charge on any atom is -0.326 e. The second-order valence-electron chi connectivity index (χ2n) is 1.53. The topological polar surface area (TPSA) is 26.0 Å². The lowest BCUT2D eigenvalue weighted by Crippen LogP contribution is -1.92. The molecule has 0 unspecified atom stereocenters. The van der Waals surface area contributed by atoms with Gasteiger partial charge in [-0.05, 0) is 22.0 Å². The average Bonchev–Trinajstić information content (AvgIpc) is 2.10. The zero-order valence-corrected chi connectivity index (χ0v) is 7.68. The first kappa shape index (κ1) is 7.54. The van der Waals surface area contributed by atoms with Crippen molar-refractivity contribution < 1.29 is 0 Å². The molecule has 0 radical (unpaired) electrons. The lowest BCUT2D eigenvalue weighted by atomic mass is 10.5. The number of halogens is 2. The normalized spacial score (nSPS) is 10.1. The van der Waals surface area contributed by atoms with Crippen LogP contribution in [0.2, 0.25) is 5.02 Å². The molecule has 50 valence electrons. The summed E-state index contributed by atoms with van der Waals surface area (Å²) in [5.74, 6) is 0. The first-order valence-corrected chi connectivity index (χ1v) is 4.36. The molecule has 0 aromatic carbocycles.